The lowest BCUT2D eigenvalue weighted by Gasteiger charge is -2.10. The first-order valence-corrected chi connectivity index (χ1v) is 9.54. The van der Waals surface area contributed by atoms with Gasteiger partial charge in [-0.05, 0) is 55.0 Å². The van der Waals surface area contributed by atoms with Crippen molar-refractivity contribution in [2.45, 2.75) is 6.92 Å². The fraction of sp³-hybridized carbons (Fsp3) is 0.0833. The summed E-state index contributed by atoms with van der Waals surface area (Å²) >= 11 is 6.07. The normalized spacial score (nSPS) is 13.7. The molecule has 30 heavy (non-hydrogen) atoms. The maximum Gasteiger partial charge on any atom is 0.345 e. The highest BCUT2D eigenvalue weighted by molar-refractivity contribution is 6.33. The molecular weight excluding hydrogens is 404 g/mol. The fourth-order valence-corrected chi connectivity index (χ4v) is 3.36. The van der Waals surface area contributed by atoms with Crippen LogP contribution in [0.4, 0.5) is 0 Å². The number of hydrogen-bond acceptors (Lipinski definition) is 5. The molecule has 0 aromatic heterocycles. The first-order chi connectivity index (χ1) is 14.5. The molecule has 1 aliphatic rings. The van der Waals surface area contributed by atoms with Crippen molar-refractivity contribution in [2.24, 2.45) is 0 Å². The summed E-state index contributed by atoms with van der Waals surface area (Å²) in [6.07, 6.45) is 1.65. The molecule has 3 aromatic rings. The first-order valence-electron chi connectivity index (χ1n) is 9.16. The van der Waals surface area contributed by atoms with Gasteiger partial charge in [-0.1, -0.05) is 35.9 Å². The number of benzene rings is 3. The van der Waals surface area contributed by atoms with E-state index in [4.69, 9.17) is 25.8 Å². The minimum atomic E-state index is -0.583. The van der Waals surface area contributed by atoms with Crippen LogP contribution in [0, 0.1) is 6.92 Å². The van der Waals surface area contributed by atoms with E-state index < -0.39 is 5.97 Å². The number of esters is 1. The van der Waals surface area contributed by atoms with E-state index in [-0.39, 0.29) is 17.1 Å². The van der Waals surface area contributed by atoms with Crippen molar-refractivity contribution in [1.82, 2.24) is 0 Å². The molecule has 1 heterocycles. The Balaban J connectivity index is 1.62. The van der Waals surface area contributed by atoms with Crippen LogP contribution in [0.15, 0.2) is 66.4 Å². The van der Waals surface area contributed by atoms with Crippen LogP contribution < -0.4 is 14.2 Å². The molecule has 5 nitrogen and oxygen atoms in total. The van der Waals surface area contributed by atoms with Crippen LogP contribution in [0.1, 0.15) is 31.8 Å². The van der Waals surface area contributed by atoms with Gasteiger partial charge in [0.1, 0.15) is 17.2 Å². The highest BCUT2D eigenvalue weighted by Crippen LogP contribution is 2.39. The molecule has 0 amide bonds. The van der Waals surface area contributed by atoms with Gasteiger partial charge in [0.15, 0.2) is 5.76 Å². The van der Waals surface area contributed by atoms with Crippen LogP contribution in [-0.2, 0) is 0 Å². The van der Waals surface area contributed by atoms with E-state index in [1.807, 2.05) is 18.2 Å². The molecule has 0 N–H and O–H groups in total. The predicted molar refractivity (Wildman–Crippen MR) is 114 cm³/mol. The summed E-state index contributed by atoms with van der Waals surface area (Å²) in [6.45, 7) is 1.73. The van der Waals surface area contributed by atoms with Crippen LogP contribution in [0.5, 0.6) is 17.2 Å². The number of ketones is 1. The van der Waals surface area contributed by atoms with Gasteiger partial charge in [-0.2, -0.15) is 0 Å². The third kappa shape index (κ3) is 3.67. The van der Waals surface area contributed by atoms with Gasteiger partial charge >= 0.3 is 5.97 Å². The zero-order valence-corrected chi connectivity index (χ0v) is 17.0. The summed E-state index contributed by atoms with van der Waals surface area (Å²) in [6, 6.07) is 17.1. The van der Waals surface area contributed by atoms with Crippen molar-refractivity contribution in [3.8, 4) is 17.2 Å². The lowest BCUT2D eigenvalue weighted by atomic mass is 10.1. The van der Waals surface area contributed by atoms with E-state index in [0.717, 1.165) is 5.56 Å². The number of ether oxygens (including phenoxy) is 3. The molecular formula is C24H17ClO5. The molecule has 0 saturated heterocycles. The summed E-state index contributed by atoms with van der Waals surface area (Å²) in [5.74, 6) is 0.723. The lowest BCUT2D eigenvalue weighted by Crippen LogP contribution is -2.10. The largest absolute Gasteiger partial charge is 0.497 e. The number of rotatable bonds is 4. The van der Waals surface area contributed by atoms with Gasteiger partial charge in [0.25, 0.3) is 0 Å². The van der Waals surface area contributed by atoms with Crippen LogP contribution in [0.2, 0.25) is 5.02 Å². The van der Waals surface area contributed by atoms with Gasteiger partial charge in [-0.3, -0.25) is 4.79 Å². The zero-order valence-electron chi connectivity index (χ0n) is 16.3. The first kappa shape index (κ1) is 19.7. The number of hydrogen-bond donors (Lipinski definition) is 0. The number of allylic oxidation sites excluding steroid dienone is 1. The van der Waals surface area contributed by atoms with Crippen molar-refractivity contribution in [3.63, 3.8) is 0 Å². The molecule has 0 aliphatic carbocycles. The van der Waals surface area contributed by atoms with E-state index in [2.05, 4.69) is 0 Å². The van der Waals surface area contributed by atoms with Crippen LogP contribution in [0.3, 0.4) is 0 Å². The molecule has 1 aliphatic heterocycles. The Morgan fingerprint density at radius 2 is 1.87 bits per heavy atom. The van der Waals surface area contributed by atoms with Crippen molar-refractivity contribution >= 4 is 29.4 Å². The van der Waals surface area contributed by atoms with E-state index in [0.29, 0.717) is 33.4 Å². The molecule has 0 atom stereocenters. The van der Waals surface area contributed by atoms with Gasteiger partial charge in [0.05, 0.1) is 23.3 Å². The Morgan fingerprint density at radius 1 is 1.07 bits per heavy atom. The third-order valence-electron chi connectivity index (χ3n) is 4.72. The number of carbonyl (C=O) groups excluding carboxylic acids is 2. The molecule has 0 spiro atoms. The molecule has 150 valence electrons. The predicted octanol–water partition coefficient (Wildman–Crippen LogP) is 5.49. The van der Waals surface area contributed by atoms with E-state index in [9.17, 15) is 9.59 Å². The summed E-state index contributed by atoms with van der Waals surface area (Å²) in [5, 5.41) is 0.302. The molecule has 0 saturated carbocycles. The second kappa shape index (κ2) is 8.05. The van der Waals surface area contributed by atoms with Crippen molar-refractivity contribution in [3.05, 3.63) is 93.7 Å². The Hall–Kier alpha value is -3.57. The number of methoxy groups -OCH3 is 1. The zero-order chi connectivity index (χ0) is 21.3. The SMILES string of the molecule is COc1cccc(/C=C2\Oc3c(ccc(OC(=O)c4ccccc4Cl)c3C)C2=O)c1. The minimum Gasteiger partial charge on any atom is -0.497 e. The van der Waals surface area contributed by atoms with Gasteiger partial charge in [0.2, 0.25) is 5.78 Å². The average Bonchev–Trinajstić information content (AvgIpc) is 3.06. The standard InChI is InChI=1S/C24H17ClO5/c1-14-20(30-24(27)17-8-3-4-9-19(17)25)11-10-18-22(26)21(29-23(14)18)13-15-6-5-7-16(12-15)28-2/h3-13H,1-2H3/b21-13-. The minimum absolute atomic E-state index is 0.191. The highest BCUT2D eigenvalue weighted by atomic mass is 35.5. The van der Waals surface area contributed by atoms with E-state index in [1.54, 1.807) is 62.6 Å². The van der Waals surface area contributed by atoms with Crippen molar-refractivity contribution in [1.29, 1.82) is 0 Å². The third-order valence-corrected chi connectivity index (χ3v) is 5.05. The van der Waals surface area contributed by atoms with Crippen LogP contribution in [0.25, 0.3) is 6.08 Å². The maximum atomic E-state index is 12.8. The molecule has 0 unspecified atom stereocenters. The van der Waals surface area contributed by atoms with E-state index >= 15 is 0 Å². The van der Waals surface area contributed by atoms with Crippen molar-refractivity contribution in [2.75, 3.05) is 7.11 Å². The van der Waals surface area contributed by atoms with Gasteiger partial charge < -0.3 is 14.2 Å². The fourth-order valence-electron chi connectivity index (χ4n) is 3.14. The Morgan fingerprint density at radius 3 is 2.63 bits per heavy atom. The maximum absolute atomic E-state index is 12.8. The topological polar surface area (TPSA) is 61.8 Å². The molecule has 6 heteroatoms. The second-order valence-corrected chi connectivity index (χ2v) is 7.06. The quantitative estimate of drug-likeness (QED) is 0.317. The van der Waals surface area contributed by atoms with E-state index in [1.165, 1.54) is 0 Å². The molecule has 0 bridgehead atoms. The summed E-state index contributed by atoms with van der Waals surface area (Å²) in [7, 11) is 1.58. The van der Waals surface area contributed by atoms with Crippen LogP contribution >= 0.6 is 11.6 Å². The smallest absolute Gasteiger partial charge is 0.345 e. The summed E-state index contributed by atoms with van der Waals surface area (Å²) in [5.41, 5.74) is 2.00. The summed E-state index contributed by atoms with van der Waals surface area (Å²) in [4.78, 5) is 25.2. The number of halogens is 1. The van der Waals surface area contributed by atoms with Gasteiger partial charge in [-0.25, -0.2) is 4.79 Å². The number of Topliss-reactive ketones (excluding diaryl/α,β-unsaturated/α-hetero) is 1. The number of fused-ring (bicyclic) bond motifs is 1. The molecule has 3 aromatic carbocycles. The second-order valence-electron chi connectivity index (χ2n) is 6.65. The Kier molecular flexibility index (Phi) is 5.29. The molecule has 4 rings (SSSR count). The average molecular weight is 421 g/mol. The van der Waals surface area contributed by atoms with Crippen molar-refractivity contribution < 1.29 is 23.8 Å². The number of carbonyl (C=O) groups is 2. The highest BCUT2D eigenvalue weighted by Gasteiger charge is 2.30. The lowest BCUT2D eigenvalue weighted by molar-refractivity contribution is 0.0733. The summed E-state index contributed by atoms with van der Waals surface area (Å²) < 4.78 is 16.5. The Labute approximate surface area is 178 Å². The molecule has 0 radical (unpaired) electrons. The monoisotopic (exact) mass is 420 g/mol. The van der Waals surface area contributed by atoms with Gasteiger partial charge in [0, 0.05) is 5.56 Å². The Bertz CT molecular complexity index is 1200. The molecule has 0 fully saturated rings. The van der Waals surface area contributed by atoms with Gasteiger partial charge in [-0.15, -0.1) is 0 Å². The van der Waals surface area contributed by atoms with Crippen LogP contribution in [-0.4, -0.2) is 18.9 Å².